The number of hydrogen-bond acceptors (Lipinski definition) is 2. The van der Waals surface area contributed by atoms with E-state index in [-0.39, 0.29) is 17.2 Å². The summed E-state index contributed by atoms with van der Waals surface area (Å²) in [4.78, 5) is 11.9. The molecule has 0 spiro atoms. The number of rotatable bonds is 3. The molecule has 0 radical (unpaired) electrons. The molecule has 104 valence electrons. The van der Waals surface area contributed by atoms with Crippen molar-refractivity contribution < 1.29 is 13.6 Å². The van der Waals surface area contributed by atoms with Gasteiger partial charge in [-0.15, -0.1) is 0 Å². The van der Waals surface area contributed by atoms with Crippen LogP contribution in [0.3, 0.4) is 0 Å². The summed E-state index contributed by atoms with van der Waals surface area (Å²) in [6, 6.07) is 4.70. The Kier molecular flexibility index (Phi) is 4.46. The van der Waals surface area contributed by atoms with Gasteiger partial charge in [0.1, 0.15) is 23.3 Å². The van der Waals surface area contributed by atoms with E-state index in [9.17, 15) is 13.6 Å². The van der Waals surface area contributed by atoms with Gasteiger partial charge in [0.2, 0.25) is 0 Å². The zero-order valence-corrected chi connectivity index (χ0v) is 10.8. The van der Waals surface area contributed by atoms with Gasteiger partial charge in [-0.3, -0.25) is 4.79 Å². The first-order valence-corrected chi connectivity index (χ1v) is 6.48. The van der Waals surface area contributed by atoms with Gasteiger partial charge in [-0.05, 0) is 37.1 Å². The molecule has 2 rings (SSSR count). The van der Waals surface area contributed by atoms with Crippen molar-refractivity contribution in [3.8, 4) is 6.07 Å². The Morgan fingerprint density at radius 1 is 1.35 bits per heavy atom. The van der Waals surface area contributed by atoms with Crippen LogP contribution in [0, 0.1) is 23.0 Å². The molecule has 0 bridgehead atoms. The van der Waals surface area contributed by atoms with E-state index in [1.807, 2.05) is 0 Å². The molecule has 3 nitrogen and oxygen atoms in total. The average Bonchev–Trinajstić information content (AvgIpc) is 2.92. The zero-order valence-electron chi connectivity index (χ0n) is 10.8. The van der Waals surface area contributed by atoms with Gasteiger partial charge in [-0.2, -0.15) is 5.26 Å². The summed E-state index contributed by atoms with van der Waals surface area (Å²) >= 11 is 0. The lowest BCUT2D eigenvalue weighted by molar-refractivity contribution is -0.117. The standard InChI is InChI=1S/C15H14F2N2O/c16-12-5-6-14(17)10(8-12)7-11(9-18)15(20)19-13-3-1-2-4-13/h5-8,13H,1-4H2,(H,19,20)/b11-7+. The van der Waals surface area contributed by atoms with Crippen molar-refractivity contribution >= 4 is 12.0 Å². The molecule has 1 aliphatic rings. The van der Waals surface area contributed by atoms with Crippen LogP contribution in [0.5, 0.6) is 0 Å². The van der Waals surface area contributed by atoms with E-state index >= 15 is 0 Å². The highest BCUT2D eigenvalue weighted by molar-refractivity contribution is 6.01. The number of nitrogens with one attached hydrogen (secondary N) is 1. The van der Waals surface area contributed by atoms with Crippen LogP contribution < -0.4 is 5.32 Å². The second-order valence-electron chi connectivity index (χ2n) is 4.79. The van der Waals surface area contributed by atoms with Crippen molar-refractivity contribution in [2.75, 3.05) is 0 Å². The first-order valence-electron chi connectivity index (χ1n) is 6.48. The minimum absolute atomic E-state index is 0.0663. The van der Waals surface area contributed by atoms with Crippen molar-refractivity contribution in [2.24, 2.45) is 0 Å². The molecule has 0 unspecified atom stereocenters. The third kappa shape index (κ3) is 3.41. The van der Waals surface area contributed by atoms with Gasteiger partial charge in [-0.1, -0.05) is 12.8 Å². The molecule has 20 heavy (non-hydrogen) atoms. The third-order valence-electron chi connectivity index (χ3n) is 3.31. The predicted molar refractivity (Wildman–Crippen MR) is 70.3 cm³/mol. The van der Waals surface area contributed by atoms with Crippen LogP contribution in [0.1, 0.15) is 31.2 Å². The molecule has 1 aromatic rings. The molecule has 0 saturated heterocycles. The van der Waals surface area contributed by atoms with Crippen molar-refractivity contribution in [3.05, 3.63) is 41.0 Å². The topological polar surface area (TPSA) is 52.9 Å². The first kappa shape index (κ1) is 14.2. The Labute approximate surface area is 115 Å². The normalized spacial score (nSPS) is 15.9. The molecular formula is C15H14F2N2O. The Morgan fingerprint density at radius 2 is 2.05 bits per heavy atom. The molecular weight excluding hydrogens is 262 g/mol. The fraction of sp³-hybridized carbons (Fsp3) is 0.333. The van der Waals surface area contributed by atoms with Crippen LogP contribution in [0.15, 0.2) is 23.8 Å². The summed E-state index contributed by atoms with van der Waals surface area (Å²) in [5, 5.41) is 11.7. The van der Waals surface area contributed by atoms with Gasteiger partial charge < -0.3 is 5.32 Å². The minimum Gasteiger partial charge on any atom is -0.349 e. The summed E-state index contributed by atoms with van der Waals surface area (Å²) in [6.07, 6.45) is 4.95. The smallest absolute Gasteiger partial charge is 0.262 e. The molecule has 1 N–H and O–H groups in total. The fourth-order valence-corrected chi connectivity index (χ4v) is 2.26. The van der Waals surface area contributed by atoms with Crippen LogP contribution in [0.25, 0.3) is 6.08 Å². The summed E-state index contributed by atoms with van der Waals surface area (Å²) in [6.45, 7) is 0. The van der Waals surface area contributed by atoms with E-state index in [2.05, 4.69) is 5.32 Å². The minimum atomic E-state index is -0.673. The van der Waals surface area contributed by atoms with E-state index in [1.54, 1.807) is 6.07 Å². The molecule has 1 saturated carbocycles. The molecule has 0 atom stereocenters. The van der Waals surface area contributed by atoms with E-state index in [0.29, 0.717) is 0 Å². The Bertz CT molecular complexity index is 584. The van der Waals surface area contributed by atoms with Gasteiger partial charge in [0.25, 0.3) is 5.91 Å². The lowest BCUT2D eigenvalue weighted by atomic mass is 10.1. The van der Waals surface area contributed by atoms with Crippen molar-refractivity contribution in [1.82, 2.24) is 5.32 Å². The maximum absolute atomic E-state index is 13.5. The van der Waals surface area contributed by atoms with Crippen LogP contribution in [0.4, 0.5) is 8.78 Å². The van der Waals surface area contributed by atoms with Crippen molar-refractivity contribution in [1.29, 1.82) is 5.26 Å². The molecule has 0 aliphatic heterocycles. The van der Waals surface area contributed by atoms with Gasteiger partial charge in [0.05, 0.1) is 0 Å². The highest BCUT2D eigenvalue weighted by Gasteiger charge is 2.19. The Hall–Kier alpha value is -2.22. The molecule has 0 heterocycles. The second kappa shape index (κ2) is 6.29. The van der Waals surface area contributed by atoms with Gasteiger partial charge >= 0.3 is 0 Å². The summed E-state index contributed by atoms with van der Waals surface area (Å²) in [5.41, 5.74) is -0.329. The van der Waals surface area contributed by atoms with Gasteiger partial charge in [0, 0.05) is 11.6 Å². The first-order chi connectivity index (χ1) is 9.60. The molecule has 1 fully saturated rings. The highest BCUT2D eigenvalue weighted by atomic mass is 19.1. The van der Waals surface area contributed by atoms with Crippen LogP contribution in [0.2, 0.25) is 0 Å². The summed E-state index contributed by atoms with van der Waals surface area (Å²) in [5.74, 6) is -1.83. The van der Waals surface area contributed by atoms with Crippen LogP contribution in [-0.4, -0.2) is 11.9 Å². The largest absolute Gasteiger partial charge is 0.349 e. The van der Waals surface area contributed by atoms with E-state index in [0.717, 1.165) is 50.0 Å². The number of halogens is 2. The van der Waals surface area contributed by atoms with Crippen molar-refractivity contribution in [3.63, 3.8) is 0 Å². The highest BCUT2D eigenvalue weighted by Crippen LogP contribution is 2.19. The maximum Gasteiger partial charge on any atom is 0.262 e. The van der Waals surface area contributed by atoms with Crippen LogP contribution >= 0.6 is 0 Å². The maximum atomic E-state index is 13.5. The summed E-state index contributed by atoms with van der Waals surface area (Å²) in [7, 11) is 0. The number of carbonyl (C=O) groups excluding carboxylic acids is 1. The van der Waals surface area contributed by atoms with E-state index < -0.39 is 17.5 Å². The fourth-order valence-electron chi connectivity index (χ4n) is 2.26. The van der Waals surface area contributed by atoms with Gasteiger partial charge in [0.15, 0.2) is 0 Å². The van der Waals surface area contributed by atoms with E-state index in [1.165, 1.54) is 0 Å². The van der Waals surface area contributed by atoms with E-state index in [4.69, 9.17) is 5.26 Å². The summed E-state index contributed by atoms with van der Waals surface area (Å²) < 4.78 is 26.5. The molecule has 1 amide bonds. The number of benzene rings is 1. The average molecular weight is 276 g/mol. The number of carbonyl (C=O) groups is 1. The Balaban J connectivity index is 2.18. The number of nitrogens with zero attached hydrogens (tertiary/aromatic N) is 1. The van der Waals surface area contributed by atoms with Crippen LogP contribution in [-0.2, 0) is 4.79 Å². The third-order valence-corrected chi connectivity index (χ3v) is 3.31. The predicted octanol–water partition coefficient (Wildman–Crippen LogP) is 2.93. The number of nitriles is 1. The molecule has 1 aromatic carbocycles. The molecule has 5 heteroatoms. The lowest BCUT2D eigenvalue weighted by Crippen LogP contribution is -2.33. The zero-order chi connectivity index (χ0) is 14.5. The van der Waals surface area contributed by atoms with Crippen molar-refractivity contribution in [2.45, 2.75) is 31.7 Å². The number of hydrogen-bond donors (Lipinski definition) is 1. The lowest BCUT2D eigenvalue weighted by Gasteiger charge is -2.11. The monoisotopic (exact) mass is 276 g/mol. The second-order valence-corrected chi connectivity index (χ2v) is 4.79. The SMILES string of the molecule is N#C/C(=C\c1cc(F)ccc1F)C(=O)NC1CCCC1. The Morgan fingerprint density at radius 3 is 2.70 bits per heavy atom. The quantitative estimate of drug-likeness (QED) is 0.681. The molecule has 0 aromatic heterocycles. The number of amides is 1. The van der Waals surface area contributed by atoms with Gasteiger partial charge in [-0.25, -0.2) is 8.78 Å². The molecule has 1 aliphatic carbocycles.